The van der Waals surface area contributed by atoms with Gasteiger partial charge in [-0.05, 0) is 25.5 Å². The van der Waals surface area contributed by atoms with Gasteiger partial charge in [-0.3, -0.25) is 4.79 Å². The van der Waals surface area contributed by atoms with E-state index in [1.807, 2.05) is 0 Å². The first-order chi connectivity index (χ1) is 12.3. The lowest BCUT2D eigenvalue weighted by molar-refractivity contribution is -0.136. The molecule has 26 heavy (non-hydrogen) atoms. The summed E-state index contributed by atoms with van der Waals surface area (Å²) in [5, 5.41) is 0. The van der Waals surface area contributed by atoms with Crippen molar-refractivity contribution in [3.8, 4) is 11.5 Å². The van der Waals surface area contributed by atoms with Gasteiger partial charge in [0.1, 0.15) is 11.5 Å². The predicted octanol–water partition coefficient (Wildman–Crippen LogP) is 0.896. The molecule has 0 unspecified atom stereocenters. The van der Waals surface area contributed by atoms with Crippen LogP contribution in [0.25, 0.3) is 0 Å². The first-order valence-electron chi connectivity index (χ1n) is 8.19. The highest BCUT2D eigenvalue weighted by atomic mass is 32.2. The summed E-state index contributed by atoms with van der Waals surface area (Å²) in [6.07, 6.45) is 0.406. The quantitative estimate of drug-likeness (QED) is 0.643. The van der Waals surface area contributed by atoms with Gasteiger partial charge in [0.2, 0.25) is 0 Å². The fourth-order valence-electron chi connectivity index (χ4n) is 2.88. The first kappa shape index (κ1) is 20.0. The summed E-state index contributed by atoms with van der Waals surface area (Å²) in [6, 6.07) is 4.21. The molecule has 0 N–H and O–H groups in total. The zero-order valence-corrected chi connectivity index (χ0v) is 15.9. The van der Waals surface area contributed by atoms with Gasteiger partial charge in [-0.2, -0.15) is 0 Å². The van der Waals surface area contributed by atoms with Crippen LogP contribution in [0, 0.1) is 0 Å². The van der Waals surface area contributed by atoms with Crippen LogP contribution in [0.4, 0.5) is 0 Å². The molecule has 8 nitrogen and oxygen atoms in total. The molecule has 1 atom stereocenters. The Labute approximate surface area is 152 Å². The molecule has 1 heterocycles. The van der Waals surface area contributed by atoms with Crippen molar-refractivity contribution in [2.45, 2.75) is 19.4 Å². The van der Waals surface area contributed by atoms with Crippen LogP contribution in [0.3, 0.4) is 0 Å². The van der Waals surface area contributed by atoms with Crippen LogP contribution in [0.15, 0.2) is 18.2 Å². The highest BCUT2D eigenvalue weighted by Crippen LogP contribution is 2.23. The Morgan fingerprint density at radius 1 is 1.15 bits per heavy atom. The number of nitrogens with zero attached hydrogens (tertiary/aromatic N) is 1. The number of hydrogen-bond acceptors (Lipinski definition) is 7. The van der Waals surface area contributed by atoms with Crippen LogP contribution in [-0.2, 0) is 19.4 Å². The molecule has 1 fully saturated rings. The van der Waals surface area contributed by atoms with Crippen LogP contribution < -0.4 is 9.47 Å². The van der Waals surface area contributed by atoms with Gasteiger partial charge in [0.25, 0.3) is 5.91 Å². The van der Waals surface area contributed by atoms with Gasteiger partial charge in [-0.25, -0.2) is 13.2 Å². The van der Waals surface area contributed by atoms with E-state index in [-0.39, 0.29) is 23.1 Å². The molecular formula is C17H23NO7S. The number of hydrogen-bond donors (Lipinski definition) is 0. The van der Waals surface area contributed by atoms with Gasteiger partial charge in [0, 0.05) is 18.7 Å². The molecule has 0 aromatic heterocycles. The van der Waals surface area contributed by atoms with Crippen molar-refractivity contribution >= 4 is 21.7 Å². The van der Waals surface area contributed by atoms with Crippen molar-refractivity contribution in [2.75, 3.05) is 38.9 Å². The van der Waals surface area contributed by atoms with Crippen molar-refractivity contribution in [1.29, 1.82) is 0 Å². The average molecular weight is 385 g/mol. The zero-order valence-electron chi connectivity index (χ0n) is 15.1. The minimum atomic E-state index is -3.10. The van der Waals surface area contributed by atoms with Crippen molar-refractivity contribution in [2.24, 2.45) is 0 Å². The van der Waals surface area contributed by atoms with Crippen molar-refractivity contribution in [3.63, 3.8) is 0 Å². The summed E-state index contributed by atoms with van der Waals surface area (Å²) in [4.78, 5) is 26.0. The van der Waals surface area contributed by atoms with Gasteiger partial charge < -0.3 is 19.1 Å². The molecule has 1 saturated heterocycles. The van der Waals surface area contributed by atoms with E-state index in [0.717, 1.165) is 0 Å². The molecule has 0 saturated carbocycles. The van der Waals surface area contributed by atoms with Gasteiger partial charge >= 0.3 is 5.97 Å². The number of ether oxygens (including phenoxy) is 3. The van der Waals surface area contributed by atoms with Gasteiger partial charge in [-0.15, -0.1) is 0 Å². The summed E-state index contributed by atoms with van der Waals surface area (Å²) < 4.78 is 38.5. The van der Waals surface area contributed by atoms with E-state index < -0.39 is 28.3 Å². The fourth-order valence-corrected chi connectivity index (χ4v) is 4.61. The lowest BCUT2D eigenvalue weighted by Crippen LogP contribution is -2.43. The second kappa shape index (κ2) is 8.39. The number of carbonyl (C=O) groups excluding carboxylic acids is 2. The molecule has 0 radical (unpaired) electrons. The Kier molecular flexibility index (Phi) is 6.47. The second-order valence-electron chi connectivity index (χ2n) is 5.91. The molecule has 1 aliphatic heterocycles. The molecule has 1 amide bonds. The summed E-state index contributed by atoms with van der Waals surface area (Å²) in [7, 11) is -0.182. The van der Waals surface area contributed by atoms with E-state index in [0.29, 0.717) is 24.5 Å². The highest BCUT2D eigenvalue weighted by molar-refractivity contribution is 7.91. The monoisotopic (exact) mass is 385 g/mol. The largest absolute Gasteiger partial charge is 0.497 e. The van der Waals surface area contributed by atoms with E-state index in [9.17, 15) is 18.0 Å². The molecule has 144 valence electrons. The summed E-state index contributed by atoms with van der Waals surface area (Å²) in [5.41, 5.74) is 0.195. The third-order valence-corrected chi connectivity index (χ3v) is 5.97. The molecule has 0 aliphatic carbocycles. The van der Waals surface area contributed by atoms with Gasteiger partial charge in [0.15, 0.2) is 16.4 Å². The van der Waals surface area contributed by atoms with E-state index in [1.54, 1.807) is 13.0 Å². The third-order valence-electron chi connectivity index (χ3n) is 4.22. The van der Waals surface area contributed by atoms with E-state index >= 15 is 0 Å². The molecular weight excluding hydrogens is 362 g/mol. The standard InChI is InChI=1S/C17H23NO7S/c1-4-18(13-5-6-26(21,22)11-13)16(19)10-25-17(20)12-7-14(23-2)9-15(8-12)24-3/h7-9,13H,4-6,10-11H2,1-3H3/t13-/m0/s1. The number of amides is 1. The second-order valence-corrected chi connectivity index (χ2v) is 8.14. The first-order valence-corrected chi connectivity index (χ1v) is 10.0. The van der Waals surface area contributed by atoms with Crippen LogP contribution in [0.5, 0.6) is 11.5 Å². The maximum Gasteiger partial charge on any atom is 0.338 e. The Hall–Kier alpha value is -2.29. The summed E-state index contributed by atoms with van der Waals surface area (Å²) >= 11 is 0. The lowest BCUT2D eigenvalue weighted by Gasteiger charge is -2.26. The Morgan fingerprint density at radius 2 is 1.77 bits per heavy atom. The Morgan fingerprint density at radius 3 is 2.23 bits per heavy atom. The minimum absolute atomic E-state index is 0.0480. The number of esters is 1. The normalized spacial score (nSPS) is 18.2. The van der Waals surface area contributed by atoms with Gasteiger partial charge in [-0.1, -0.05) is 0 Å². The molecule has 1 aromatic carbocycles. The molecule has 1 aliphatic rings. The molecule has 2 rings (SSSR count). The molecule has 0 spiro atoms. The SMILES string of the molecule is CCN(C(=O)COC(=O)c1cc(OC)cc(OC)c1)[C@H]1CCS(=O)(=O)C1. The van der Waals surface area contributed by atoms with Crippen molar-refractivity contribution in [3.05, 3.63) is 23.8 Å². The van der Waals surface area contributed by atoms with Gasteiger partial charge in [0.05, 0.1) is 31.3 Å². The minimum Gasteiger partial charge on any atom is -0.497 e. The lowest BCUT2D eigenvalue weighted by atomic mass is 10.2. The van der Waals surface area contributed by atoms with Crippen molar-refractivity contribution in [1.82, 2.24) is 4.90 Å². The maximum atomic E-state index is 12.4. The zero-order chi connectivity index (χ0) is 19.3. The topological polar surface area (TPSA) is 99.2 Å². The number of sulfone groups is 1. The van der Waals surface area contributed by atoms with E-state index in [4.69, 9.17) is 14.2 Å². The van der Waals surface area contributed by atoms with Crippen LogP contribution in [0.2, 0.25) is 0 Å². The smallest absolute Gasteiger partial charge is 0.338 e. The molecule has 1 aromatic rings. The third kappa shape index (κ3) is 4.87. The predicted molar refractivity (Wildman–Crippen MR) is 94.3 cm³/mol. The van der Waals surface area contributed by atoms with Crippen LogP contribution >= 0.6 is 0 Å². The van der Waals surface area contributed by atoms with Crippen LogP contribution in [-0.4, -0.2) is 70.1 Å². The summed E-state index contributed by atoms with van der Waals surface area (Å²) in [5.74, 6) is -0.232. The summed E-state index contributed by atoms with van der Waals surface area (Å²) in [6.45, 7) is 1.66. The number of likely N-dealkylation sites (N-methyl/N-ethyl adjacent to an activating group) is 1. The van der Waals surface area contributed by atoms with E-state index in [1.165, 1.54) is 31.3 Å². The molecule has 0 bridgehead atoms. The fraction of sp³-hybridized carbons (Fsp3) is 0.529. The van der Waals surface area contributed by atoms with E-state index in [2.05, 4.69) is 0 Å². The number of benzene rings is 1. The maximum absolute atomic E-state index is 12.4. The van der Waals surface area contributed by atoms with Crippen molar-refractivity contribution < 1.29 is 32.2 Å². The molecule has 9 heteroatoms. The number of methoxy groups -OCH3 is 2. The number of rotatable bonds is 7. The number of carbonyl (C=O) groups is 2. The Balaban J connectivity index is 2.01. The van der Waals surface area contributed by atoms with Crippen LogP contribution in [0.1, 0.15) is 23.7 Å². The Bertz CT molecular complexity index is 753. The average Bonchev–Trinajstić information content (AvgIpc) is 2.99. The highest BCUT2D eigenvalue weighted by Gasteiger charge is 2.34.